The van der Waals surface area contributed by atoms with Crippen LogP contribution < -0.4 is 0 Å². The minimum Gasteiger partial charge on any atom is -0.469 e. The standard InChI is InChI=1S/C13H18N4O2S/c1-8-10(6-7-19-8)11-14-15-13(17(11)5)20-9(2)12(18)16(3)4/h6-7,9H,1-5H3/t9-/m1/s1. The van der Waals surface area contributed by atoms with E-state index in [4.69, 9.17) is 4.42 Å². The van der Waals surface area contributed by atoms with Crippen LogP contribution in [0.25, 0.3) is 11.4 Å². The number of amides is 1. The minimum absolute atomic E-state index is 0.0547. The molecule has 0 unspecified atom stereocenters. The van der Waals surface area contributed by atoms with Gasteiger partial charge in [-0.15, -0.1) is 10.2 Å². The van der Waals surface area contributed by atoms with Crippen molar-refractivity contribution < 1.29 is 9.21 Å². The van der Waals surface area contributed by atoms with E-state index in [9.17, 15) is 4.79 Å². The second kappa shape index (κ2) is 5.70. The fourth-order valence-electron chi connectivity index (χ4n) is 1.84. The molecule has 0 bridgehead atoms. The molecule has 1 amide bonds. The summed E-state index contributed by atoms with van der Waals surface area (Å²) in [5.41, 5.74) is 0.915. The normalized spacial score (nSPS) is 12.4. The molecule has 1 atom stereocenters. The fraction of sp³-hybridized carbons (Fsp3) is 0.462. The zero-order chi connectivity index (χ0) is 14.9. The summed E-state index contributed by atoms with van der Waals surface area (Å²) in [4.78, 5) is 13.5. The van der Waals surface area contributed by atoms with Gasteiger partial charge in [0.05, 0.1) is 17.1 Å². The van der Waals surface area contributed by atoms with Gasteiger partial charge in [-0.1, -0.05) is 11.8 Å². The van der Waals surface area contributed by atoms with Crippen LogP contribution in [0.1, 0.15) is 12.7 Å². The molecule has 7 heteroatoms. The van der Waals surface area contributed by atoms with Crippen LogP contribution in [0, 0.1) is 6.92 Å². The van der Waals surface area contributed by atoms with Crippen molar-refractivity contribution in [1.29, 1.82) is 0 Å². The average Bonchev–Trinajstić information content (AvgIpc) is 2.96. The maximum absolute atomic E-state index is 11.9. The van der Waals surface area contributed by atoms with E-state index in [1.54, 1.807) is 25.3 Å². The van der Waals surface area contributed by atoms with Crippen LogP contribution in [0.15, 0.2) is 21.9 Å². The van der Waals surface area contributed by atoms with E-state index in [2.05, 4.69) is 10.2 Å². The maximum Gasteiger partial charge on any atom is 0.235 e. The molecule has 20 heavy (non-hydrogen) atoms. The van der Waals surface area contributed by atoms with Gasteiger partial charge in [-0.05, 0) is 19.9 Å². The average molecular weight is 294 g/mol. The quantitative estimate of drug-likeness (QED) is 0.806. The lowest BCUT2D eigenvalue weighted by molar-refractivity contribution is -0.127. The highest BCUT2D eigenvalue weighted by atomic mass is 32.2. The molecule has 2 heterocycles. The molecule has 0 N–H and O–H groups in total. The van der Waals surface area contributed by atoms with Crippen LogP contribution in [0.5, 0.6) is 0 Å². The first-order valence-corrected chi connectivity index (χ1v) is 7.11. The lowest BCUT2D eigenvalue weighted by Gasteiger charge is -2.15. The van der Waals surface area contributed by atoms with Gasteiger partial charge < -0.3 is 13.9 Å². The van der Waals surface area contributed by atoms with Gasteiger partial charge in [0, 0.05) is 21.1 Å². The van der Waals surface area contributed by atoms with Gasteiger partial charge in [0.2, 0.25) is 5.91 Å². The lowest BCUT2D eigenvalue weighted by Crippen LogP contribution is -2.29. The van der Waals surface area contributed by atoms with Crippen LogP contribution >= 0.6 is 11.8 Å². The first-order valence-electron chi connectivity index (χ1n) is 6.23. The van der Waals surface area contributed by atoms with Crippen LogP contribution in [0.4, 0.5) is 0 Å². The largest absolute Gasteiger partial charge is 0.469 e. The van der Waals surface area contributed by atoms with Crippen molar-refractivity contribution in [2.24, 2.45) is 7.05 Å². The highest BCUT2D eigenvalue weighted by Crippen LogP contribution is 2.28. The molecule has 0 aliphatic heterocycles. The van der Waals surface area contributed by atoms with Crippen molar-refractivity contribution in [3.05, 3.63) is 18.1 Å². The molecule has 2 rings (SSSR count). The first-order chi connectivity index (χ1) is 9.41. The molecule has 0 aliphatic carbocycles. The monoisotopic (exact) mass is 294 g/mol. The number of aryl methyl sites for hydroxylation is 1. The van der Waals surface area contributed by atoms with Crippen molar-refractivity contribution in [2.75, 3.05) is 14.1 Å². The molecular formula is C13H18N4O2S. The number of furan rings is 1. The number of aromatic nitrogens is 3. The summed E-state index contributed by atoms with van der Waals surface area (Å²) >= 11 is 1.40. The zero-order valence-corrected chi connectivity index (χ0v) is 13.1. The van der Waals surface area contributed by atoms with Crippen molar-refractivity contribution >= 4 is 17.7 Å². The SMILES string of the molecule is Cc1occc1-c1nnc(S[C@H](C)C(=O)N(C)C)n1C. The van der Waals surface area contributed by atoms with Gasteiger partial charge >= 0.3 is 0 Å². The van der Waals surface area contributed by atoms with E-state index in [0.717, 1.165) is 17.1 Å². The van der Waals surface area contributed by atoms with Crippen LogP contribution in [-0.2, 0) is 11.8 Å². The van der Waals surface area contributed by atoms with Gasteiger partial charge in [0.1, 0.15) is 5.76 Å². The smallest absolute Gasteiger partial charge is 0.235 e. The van der Waals surface area contributed by atoms with E-state index in [1.165, 1.54) is 11.8 Å². The Balaban J connectivity index is 2.22. The Bertz CT molecular complexity index is 618. The molecule has 0 aromatic carbocycles. The lowest BCUT2D eigenvalue weighted by atomic mass is 10.2. The number of rotatable bonds is 4. The van der Waals surface area contributed by atoms with E-state index < -0.39 is 0 Å². The summed E-state index contributed by atoms with van der Waals surface area (Å²) in [5, 5.41) is 8.85. The number of nitrogens with zero attached hydrogens (tertiary/aromatic N) is 4. The third-order valence-electron chi connectivity index (χ3n) is 3.01. The molecule has 0 spiro atoms. The highest BCUT2D eigenvalue weighted by molar-refractivity contribution is 8.00. The Morgan fingerprint density at radius 1 is 1.45 bits per heavy atom. The molecule has 0 fully saturated rings. The van der Waals surface area contributed by atoms with Crippen molar-refractivity contribution in [1.82, 2.24) is 19.7 Å². The van der Waals surface area contributed by atoms with Gasteiger partial charge in [0.25, 0.3) is 0 Å². The van der Waals surface area contributed by atoms with E-state index in [-0.39, 0.29) is 11.2 Å². The molecule has 108 valence electrons. The Morgan fingerprint density at radius 3 is 2.70 bits per heavy atom. The Hall–Kier alpha value is -1.76. The number of hydrogen-bond donors (Lipinski definition) is 0. The topological polar surface area (TPSA) is 64.2 Å². The molecule has 0 saturated carbocycles. The van der Waals surface area contributed by atoms with E-state index in [0.29, 0.717) is 5.16 Å². The predicted molar refractivity (Wildman–Crippen MR) is 77.5 cm³/mol. The molecular weight excluding hydrogens is 276 g/mol. The second-order valence-corrected chi connectivity index (χ2v) is 6.06. The van der Waals surface area contributed by atoms with Crippen LogP contribution in [0.2, 0.25) is 0 Å². The summed E-state index contributed by atoms with van der Waals surface area (Å²) in [5.74, 6) is 1.59. The van der Waals surface area contributed by atoms with Crippen LogP contribution in [-0.4, -0.2) is 44.9 Å². The zero-order valence-electron chi connectivity index (χ0n) is 12.2. The van der Waals surface area contributed by atoms with Crippen molar-refractivity contribution in [3.63, 3.8) is 0 Å². The number of hydrogen-bond acceptors (Lipinski definition) is 5. The molecule has 2 aromatic rings. The first kappa shape index (κ1) is 14.6. The highest BCUT2D eigenvalue weighted by Gasteiger charge is 2.21. The molecule has 6 nitrogen and oxygen atoms in total. The van der Waals surface area contributed by atoms with Gasteiger partial charge in [0.15, 0.2) is 11.0 Å². The molecule has 2 aromatic heterocycles. The third kappa shape index (κ3) is 2.72. The number of thioether (sulfide) groups is 1. The number of carbonyl (C=O) groups is 1. The molecule has 0 radical (unpaired) electrons. The summed E-state index contributed by atoms with van der Waals surface area (Å²) in [6.45, 7) is 3.75. The van der Waals surface area contributed by atoms with E-state index in [1.807, 2.05) is 31.5 Å². The Morgan fingerprint density at radius 2 is 2.15 bits per heavy atom. The van der Waals surface area contributed by atoms with Crippen molar-refractivity contribution in [3.8, 4) is 11.4 Å². The predicted octanol–water partition coefficient (Wildman–Crippen LogP) is 1.95. The van der Waals surface area contributed by atoms with Gasteiger partial charge in [-0.25, -0.2) is 0 Å². The maximum atomic E-state index is 11.9. The van der Waals surface area contributed by atoms with E-state index >= 15 is 0 Å². The molecule has 0 aliphatic rings. The van der Waals surface area contributed by atoms with Crippen LogP contribution in [0.3, 0.4) is 0 Å². The fourth-order valence-corrected chi connectivity index (χ4v) is 2.80. The summed E-state index contributed by atoms with van der Waals surface area (Å²) in [6.07, 6.45) is 1.63. The number of carbonyl (C=O) groups excluding carboxylic acids is 1. The molecule has 0 saturated heterocycles. The van der Waals surface area contributed by atoms with Crippen molar-refractivity contribution in [2.45, 2.75) is 24.3 Å². The van der Waals surface area contributed by atoms with Gasteiger partial charge in [-0.2, -0.15) is 0 Å². The second-order valence-electron chi connectivity index (χ2n) is 4.75. The minimum atomic E-state index is -0.203. The summed E-state index contributed by atoms with van der Waals surface area (Å²) < 4.78 is 7.16. The summed E-state index contributed by atoms with van der Waals surface area (Å²) in [7, 11) is 5.38. The third-order valence-corrected chi connectivity index (χ3v) is 4.13. The Kier molecular flexibility index (Phi) is 4.17. The summed E-state index contributed by atoms with van der Waals surface area (Å²) in [6, 6.07) is 1.86. The Labute approximate surface area is 122 Å². The van der Waals surface area contributed by atoms with Gasteiger partial charge in [-0.3, -0.25) is 4.79 Å².